The molecule has 146 valence electrons. The number of unbranched alkanes of at least 4 members (excludes halogenated alkanes) is 1. The van der Waals surface area contributed by atoms with Crippen molar-refractivity contribution in [2.45, 2.75) is 26.2 Å². The van der Waals surface area contributed by atoms with Crippen LogP contribution in [0.25, 0.3) is 10.9 Å². The maximum Gasteiger partial charge on any atom is 0.272 e. The Hall–Kier alpha value is -3.15. The number of carbonyl (C=O) groups is 2. The number of nitrogens with one attached hydrogen (secondary N) is 2. The van der Waals surface area contributed by atoms with Gasteiger partial charge in [0.15, 0.2) is 0 Å². The van der Waals surface area contributed by atoms with Gasteiger partial charge in [-0.3, -0.25) is 14.6 Å². The molecule has 0 radical (unpaired) electrons. The number of H-pyrrole nitrogens is 1. The number of fused-ring (bicyclic) bond motifs is 1. The van der Waals surface area contributed by atoms with E-state index in [-0.39, 0.29) is 11.8 Å². The first-order valence-electron chi connectivity index (χ1n) is 9.65. The number of para-hydroxylation sites is 1. The van der Waals surface area contributed by atoms with Gasteiger partial charge in [0.1, 0.15) is 5.69 Å². The molecule has 0 bridgehead atoms. The molecule has 0 saturated heterocycles. The van der Waals surface area contributed by atoms with Crippen molar-refractivity contribution < 1.29 is 9.59 Å². The van der Waals surface area contributed by atoms with Gasteiger partial charge >= 0.3 is 0 Å². The van der Waals surface area contributed by atoms with Crippen molar-refractivity contribution >= 4 is 22.7 Å². The molecule has 1 aromatic carbocycles. The minimum atomic E-state index is -0.201. The normalized spacial score (nSPS) is 10.8. The van der Waals surface area contributed by atoms with Crippen molar-refractivity contribution in [2.24, 2.45) is 0 Å². The second kappa shape index (κ2) is 9.17. The second-order valence-electron chi connectivity index (χ2n) is 6.88. The molecule has 6 heteroatoms. The molecule has 0 aliphatic rings. The highest BCUT2D eigenvalue weighted by molar-refractivity contribution is 5.98. The summed E-state index contributed by atoms with van der Waals surface area (Å²) < 4.78 is 0. The summed E-state index contributed by atoms with van der Waals surface area (Å²) in [4.78, 5) is 33.9. The van der Waals surface area contributed by atoms with Crippen LogP contribution in [-0.2, 0) is 6.42 Å². The monoisotopic (exact) mass is 378 g/mol. The number of hydrogen-bond acceptors (Lipinski definition) is 3. The van der Waals surface area contributed by atoms with Gasteiger partial charge in [0.2, 0.25) is 0 Å². The Morgan fingerprint density at radius 1 is 1.21 bits per heavy atom. The lowest BCUT2D eigenvalue weighted by molar-refractivity contribution is 0.0787. The van der Waals surface area contributed by atoms with Gasteiger partial charge in [-0.05, 0) is 36.6 Å². The molecule has 6 nitrogen and oxygen atoms in total. The van der Waals surface area contributed by atoms with E-state index in [9.17, 15) is 9.59 Å². The van der Waals surface area contributed by atoms with Crippen molar-refractivity contribution in [3.63, 3.8) is 0 Å². The summed E-state index contributed by atoms with van der Waals surface area (Å²) >= 11 is 0. The number of hydrogen-bond donors (Lipinski definition) is 2. The van der Waals surface area contributed by atoms with Gasteiger partial charge in [-0.2, -0.15) is 0 Å². The van der Waals surface area contributed by atoms with Gasteiger partial charge in [0, 0.05) is 49.0 Å². The highest BCUT2D eigenvalue weighted by Gasteiger charge is 2.15. The lowest BCUT2D eigenvalue weighted by Gasteiger charge is -2.16. The standard InChI is InChI=1S/C22H26N4O2/c1-3-4-13-26(2)22(28)20-14-16(9-11-23-20)21(27)24-12-10-17-15-25-19-8-6-5-7-18(17)19/h5-9,11,14-15,25H,3-4,10,12-13H2,1-2H3,(H,24,27). The van der Waals surface area contributed by atoms with Gasteiger partial charge in [-0.15, -0.1) is 0 Å². The third kappa shape index (κ3) is 4.57. The van der Waals surface area contributed by atoms with Crippen molar-refractivity contribution in [1.29, 1.82) is 0 Å². The number of nitrogens with zero attached hydrogens (tertiary/aromatic N) is 2. The van der Waals surface area contributed by atoms with Crippen molar-refractivity contribution in [3.05, 3.63) is 65.6 Å². The predicted octanol–water partition coefficient (Wildman–Crippen LogP) is 3.41. The molecule has 3 rings (SSSR count). The molecule has 2 aromatic heterocycles. The molecule has 0 spiro atoms. The fourth-order valence-electron chi connectivity index (χ4n) is 3.13. The summed E-state index contributed by atoms with van der Waals surface area (Å²) in [5, 5.41) is 4.10. The van der Waals surface area contributed by atoms with Crippen molar-refractivity contribution in [2.75, 3.05) is 20.1 Å². The first kappa shape index (κ1) is 19.6. The fourth-order valence-corrected chi connectivity index (χ4v) is 3.13. The van der Waals surface area contributed by atoms with Crippen LogP contribution in [0, 0.1) is 0 Å². The summed E-state index contributed by atoms with van der Waals surface area (Å²) in [7, 11) is 1.76. The lowest BCUT2D eigenvalue weighted by atomic mass is 10.1. The number of carbonyl (C=O) groups excluding carboxylic acids is 2. The predicted molar refractivity (Wildman–Crippen MR) is 110 cm³/mol. The Morgan fingerprint density at radius 2 is 2.04 bits per heavy atom. The van der Waals surface area contributed by atoms with Crippen LogP contribution < -0.4 is 5.32 Å². The first-order valence-corrected chi connectivity index (χ1v) is 9.65. The maximum absolute atomic E-state index is 12.5. The quantitative estimate of drug-likeness (QED) is 0.630. The minimum Gasteiger partial charge on any atom is -0.361 e. The molecule has 0 aliphatic heterocycles. The van der Waals surface area contributed by atoms with E-state index in [1.54, 1.807) is 24.1 Å². The van der Waals surface area contributed by atoms with E-state index in [4.69, 9.17) is 0 Å². The van der Waals surface area contributed by atoms with Gasteiger partial charge in [-0.25, -0.2) is 0 Å². The number of pyridine rings is 1. The van der Waals surface area contributed by atoms with Crippen LogP contribution in [0.4, 0.5) is 0 Å². The Balaban J connectivity index is 1.59. The van der Waals surface area contributed by atoms with E-state index in [0.29, 0.717) is 24.3 Å². The molecular weight excluding hydrogens is 352 g/mol. The molecule has 0 atom stereocenters. The van der Waals surface area contributed by atoms with E-state index >= 15 is 0 Å². The molecule has 3 aromatic rings. The van der Waals surface area contributed by atoms with Crippen LogP contribution in [0.5, 0.6) is 0 Å². The molecular formula is C22H26N4O2. The van der Waals surface area contributed by atoms with Crippen LogP contribution in [0.1, 0.15) is 46.2 Å². The summed E-state index contributed by atoms with van der Waals surface area (Å²) in [6.07, 6.45) is 6.17. The van der Waals surface area contributed by atoms with E-state index < -0.39 is 0 Å². The largest absolute Gasteiger partial charge is 0.361 e. The molecule has 2 heterocycles. The summed E-state index contributed by atoms with van der Waals surface area (Å²) in [5.74, 6) is -0.366. The minimum absolute atomic E-state index is 0.165. The topological polar surface area (TPSA) is 78.1 Å². The number of amides is 2. The van der Waals surface area contributed by atoms with Gasteiger partial charge in [0.05, 0.1) is 0 Å². The third-order valence-corrected chi connectivity index (χ3v) is 4.79. The molecule has 0 saturated carbocycles. The van der Waals surface area contributed by atoms with Gasteiger partial charge in [-0.1, -0.05) is 31.5 Å². The Kier molecular flexibility index (Phi) is 6.42. The number of aromatic nitrogens is 2. The Labute approximate surface area is 165 Å². The second-order valence-corrected chi connectivity index (χ2v) is 6.88. The number of benzene rings is 1. The highest BCUT2D eigenvalue weighted by Crippen LogP contribution is 2.17. The van der Waals surface area contributed by atoms with Crippen molar-refractivity contribution in [3.8, 4) is 0 Å². The zero-order valence-electron chi connectivity index (χ0n) is 16.4. The molecule has 2 amide bonds. The average molecular weight is 378 g/mol. The lowest BCUT2D eigenvalue weighted by Crippen LogP contribution is -2.29. The zero-order valence-corrected chi connectivity index (χ0v) is 16.4. The van der Waals surface area contributed by atoms with E-state index in [1.165, 1.54) is 17.1 Å². The van der Waals surface area contributed by atoms with Crippen LogP contribution in [0.15, 0.2) is 48.8 Å². The number of rotatable bonds is 8. The Morgan fingerprint density at radius 3 is 2.86 bits per heavy atom. The zero-order chi connectivity index (χ0) is 19.9. The highest BCUT2D eigenvalue weighted by atomic mass is 16.2. The molecule has 2 N–H and O–H groups in total. The van der Waals surface area contributed by atoms with E-state index in [2.05, 4.69) is 28.3 Å². The van der Waals surface area contributed by atoms with Crippen LogP contribution in [0.3, 0.4) is 0 Å². The average Bonchev–Trinajstić information content (AvgIpc) is 3.14. The summed E-state index contributed by atoms with van der Waals surface area (Å²) in [6, 6.07) is 11.3. The first-order chi connectivity index (χ1) is 13.6. The van der Waals surface area contributed by atoms with Gasteiger partial charge in [0.25, 0.3) is 11.8 Å². The summed E-state index contributed by atoms with van der Waals surface area (Å²) in [6.45, 7) is 3.28. The summed E-state index contributed by atoms with van der Waals surface area (Å²) in [5.41, 5.74) is 3.00. The SMILES string of the molecule is CCCCN(C)C(=O)c1cc(C(=O)NCCc2c[nH]c3ccccc23)ccn1. The third-order valence-electron chi connectivity index (χ3n) is 4.79. The van der Waals surface area contributed by atoms with Crippen LogP contribution in [-0.4, -0.2) is 46.8 Å². The molecule has 0 fully saturated rings. The van der Waals surface area contributed by atoms with Gasteiger partial charge < -0.3 is 15.2 Å². The smallest absolute Gasteiger partial charge is 0.272 e. The molecule has 0 aliphatic carbocycles. The maximum atomic E-state index is 12.5. The fraction of sp³-hybridized carbons (Fsp3) is 0.318. The van der Waals surface area contributed by atoms with Crippen molar-refractivity contribution in [1.82, 2.24) is 20.2 Å². The van der Waals surface area contributed by atoms with E-state index in [0.717, 1.165) is 24.8 Å². The number of aromatic amines is 1. The van der Waals surface area contributed by atoms with E-state index in [1.807, 2.05) is 24.4 Å². The van der Waals surface area contributed by atoms with Crippen LogP contribution in [0.2, 0.25) is 0 Å². The Bertz CT molecular complexity index is 964. The van der Waals surface area contributed by atoms with Crippen LogP contribution >= 0.6 is 0 Å². The molecule has 0 unspecified atom stereocenters. The molecule has 28 heavy (non-hydrogen) atoms.